The molecule has 0 bridgehead atoms. The molecule has 0 aliphatic rings. The van der Waals surface area contributed by atoms with Crippen LogP contribution in [0, 0.1) is 0 Å². The van der Waals surface area contributed by atoms with Gasteiger partial charge in [0.25, 0.3) is 0 Å². The first-order chi connectivity index (χ1) is 6.36. The zero-order valence-corrected chi connectivity index (χ0v) is 8.94. The summed E-state index contributed by atoms with van der Waals surface area (Å²) >= 11 is 1.92. The first-order valence-corrected chi connectivity index (χ1v) is 5.77. The maximum absolute atomic E-state index is 5.56. The summed E-state index contributed by atoms with van der Waals surface area (Å²) < 4.78 is 0. The van der Waals surface area contributed by atoms with Crippen molar-refractivity contribution in [3.8, 4) is 0 Å². The van der Waals surface area contributed by atoms with Gasteiger partial charge in [0.1, 0.15) is 0 Å². The van der Waals surface area contributed by atoms with Crippen molar-refractivity contribution < 1.29 is 0 Å². The van der Waals surface area contributed by atoms with Crippen LogP contribution < -0.4 is 5.73 Å². The van der Waals surface area contributed by atoms with E-state index in [1.54, 1.807) is 0 Å². The van der Waals surface area contributed by atoms with E-state index in [-0.39, 0.29) is 0 Å². The molecule has 0 aliphatic heterocycles. The second kappa shape index (κ2) is 6.06. The van der Waals surface area contributed by atoms with Crippen LogP contribution in [0.15, 0.2) is 29.2 Å². The predicted molar refractivity (Wildman–Crippen MR) is 60.0 cm³/mol. The van der Waals surface area contributed by atoms with Crippen molar-refractivity contribution in [1.82, 2.24) is 0 Å². The maximum Gasteiger partial charge on any atom is 0.0178 e. The van der Waals surface area contributed by atoms with Crippen molar-refractivity contribution in [2.45, 2.75) is 31.2 Å². The second-order valence-electron chi connectivity index (χ2n) is 3.05. The molecule has 0 amide bonds. The molecule has 0 saturated carbocycles. The minimum Gasteiger partial charge on any atom is -0.326 e. The minimum atomic E-state index is 0.641. The summed E-state index contributed by atoms with van der Waals surface area (Å²) in [6.45, 7) is 2.86. The molecule has 72 valence electrons. The highest BCUT2D eigenvalue weighted by atomic mass is 32.2. The van der Waals surface area contributed by atoms with Crippen LogP contribution in [-0.4, -0.2) is 5.75 Å². The summed E-state index contributed by atoms with van der Waals surface area (Å²) in [6, 6.07) is 8.49. The molecule has 0 heterocycles. The molecule has 1 nitrogen and oxygen atoms in total. The van der Waals surface area contributed by atoms with Crippen LogP contribution in [0.25, 0.3) is 0 Å². The van der Waals surface area contributed by atoms with Crippen LogP contribution in [-0.2, 0) is 6.54 Å². The number of benzene rings is 1. The molecule has 0 spiro atoms. The second-order valence-corrected chi connectivity index (χ2v) is 4.22. The summed E-state index contributed by atoms with van der Waals surface area (Å²) in [6.07, 6.45) is 2.56. The Labute approximate surface area is 84.7 Å². The van der Waals surface area contributed by atoms with Gasteiger partial charge in [-0.2, -0.15) is 0 Å². The molecule has 0 aliphatic carbocycles. The van der Waals surface area contributed by atoms with E-state index in [1.165, 1.54) is 29.1 Å². The quantitative estimate of drug-likeness (QED) is 0.577. The van der Waals surface area contributed by atoms with E-state index in [9.17, 15) is 0 Å². The zero-order chi connectivity index (χ0) is 9.52. The van der Waals surface area contributed by atoms with Crippen LogP contribution in [0.2, 0.25) is 0 Å². The van der Waals surface area contributed by atoms with Gasteiger partial charge in [-0.3, -0.25) is 0 Å². The normalized spacial score (nSPS) is 10.3. The fourth-order valence-corrected chi connectivity index (χ4v) is 2.17. The molecular formula is C11H17NS. The van der Waals surface area contributed by atoms with Crippen LogP contribution >= 0.6 is 11.8 Å². The lowest BCUT2D eigenvalue weighted by atomic mass is 10.2. The maximum atomic E-state index is 5.56. The molecule has 0 radical (unpaired) electrons. The van der Waals surface area contributed by atoms with Crippen LogP contribution in [0.3, 0.4) is 0 Å². The third-order valence-electron chi connectivity index (χ3n) is 1.90. The van der Waals surface area contributed by atoms with Gasteiger partial charge in [0.05, 0.1) is 0 Å². The van der Waals surface area contributed by atoms with E-state index in [0.717, 1.165) is 0 Å². The molecule has 0 atom stereocenters. The summed E-state index contributed by atoms with van der Waals surface area (Å²) in [5.41, 5.74) is 6.79. The summed E-state index contributed by atoms with van der Waals surface area (Å²) in [5.74, 6) is 1.21. The fourth-order valence-electron chi connectivity index (χ4n) is 1.10. The average Bonchev–Trinajstić information content (AvgIpc) is 2.19. The van der Waals surface area contributed by atoms with E-state index in [2.05, 4.69) is 31.2 Å². The zero-order valence-electron chi connectivity index (χ0n) is 8.12. The molecule has 13 heavy (non-hydrogen) atoms. The summed E-state index contributed by atoms with van der Waals surface area (Å²) in [4.78, 5) is 1.34. The summed E-state index contributed by atoms with van der Waals surface area (Å²) in [7, 11) is 0. The predicted octanol–water partition coefficient (Wildman–Crippen LogP) is 3.04. The van der Waals surface area contributed by atoms with Gasteiger partial charge in [-0.05, 0) is 29.9 Å². The molecule has 1 rings (SSSR count). The fraction of sp³-hybridized carbons (Fsp3) is 0.455. The number of hydrogen-bond acceptors (Lipinski definition) is 2. The van der Waals surface area contributed by atoms with Gasteiger partial charge in [-0.15, -0.1) is 11.8 Å². The highest BCUT2D eigenvalue weighted by molar-refractivity contribution is 7.99. The molecule has 0 fully saturated rings. The van der Waals surface area contributed by atoms with E-state index in [0.29, 0.717) is 6.54 Å². The Balaban J connectivity index is 2.46. The Kier molecular flexibility index (Phi) is 4.94. The van der Waals surface area contributed by atoms with Crippen molar-refractivity contribution in [2.24, 2.45) is 5.73 Å². The van der Waals surface area contributed by atoms with Gasteiger partial charge >= 0.3 is 0 Å². The lowest BCUT2D eigenvalue weighted by molar-refractivity contribution is 0.896. The number of rotatable bonds is 5. The van der Waals surface area contributed by atoms with Crippen LogP contribution in [0.1, 0.15) is 25.3 Å². The Bertz CT molecular complexity index is 248. The van der Waals surface area contributed by atoms with Gasteiger partial charge in [-0.25, -0.2) is 0 Å². The van der Waals surface area contributed by atoms with Gasteiger partial charge in [0.2, 0.25) is 0 Å². The molecule has 0 aromatic heterocycles. The van der Waals surface area contributed by atoms with Crippen molar-refractivity contribution in [1.29, 1.82) is 0 Å². The van der Waals surface area contributed by atoms with E-state index in [1.807, 2.05) is 11.8 Å². The lowest BCUT2D eigenvalue weighted by Gasteiger charge is -2.02. The molecule has 2 N–H and O–H groups in total. The third kappa shape index (κ3) is 3.83. The van der Waals surface area contributed by atoms with Crippen molar-refractivity contribution >= 4 is 11.8 Å². The molecule has 1 aromatic rings. The number of unbranched alkanes of at least 4 members (excludes halogenated alkanes) is 1. The largest absolute Gasteiger partial charge is 0.326 e. The molecule has 1 aromatic carbocycles. The Morgan fingerprint density at radius 3 is 2.92 bits per heavy atom. The van der Waals surface area contributed by atoms with E-state index in [4.69, 9.17) is 5.73 Å². The Hall–Kier alpha value is -0.470. The standard InChI is InChI=1S/C11H17NS/c1-2-3-7-13-11-6-4-5-10(8-11)9-12/h4-6,8H,2-3,7,9,12H2,1H3. The van der Waals surface area contributed by atoms with Gasteiger partial charge in [-0.1, -0.05) is 25.5 Å². The number of hydrogen-bond donors (Lipinski definition) is 1. The smallest absolute Gasteiger partial charge is 0.0178 e. The van der Waals surface area contributed by atoms with Crippen molar-refractivity contribution in [3.05, 3.63) is 29.8 Å². The van der Waals surface area contributed by atoms with Gasteiger partial charge < -0.3 is 5.73 Å². The molecule has 0 unspecified atom stereocenters. The highest BCUT2D eigenvalue weighted by Crippen LogP contribution is 2.20. The van der Waals surface area contributed by atoms with Crippen LogP contribution in [0.4, 0.5) is 0 Å². The minimum absolute atomic E-state index is 0.641. The van der Waals surface area contributed by atoms with Crippen molar-refractivity contribution in [2.75, 3.05) is 5.75 Å². The monoisotopic (exact) mass is 195 g/mol. The molecule has 2 heteroatoms. The topological polar surface area (TPSA) is 26.0 Å². The SMILES string of the molecule is CCCCSc1cccc(CN)c1. The number of thioether (sulfide) groups is 1. The first-order valence-electron chi connectivity index (χ1n) is 4.78. The molecular weight excluding hydrogens is 178 g/mol. The van der Waals surface area contributed by atoms with E-state index >= 15 is 0 Å². The van der Waals surface area contributed by atoms with Crippen molar-refractivity contribution in [3.63, 3.8) is 0 Å². The molecule has 0 saturated heterocycles. The van der Waals surface area contributed by atoms with Crippen LogP contribution in [0.5, 0.6) is 0 Å². The third-order valence-corrected chi connectivity index (χ3v) is 2.98. The van der Waals surface area contributed by atoms with Gasteiger partial charge in [0.15, 0.2) is 0 Å². The highest BCUT2D eigenvalue weighted by Gasteiger charge is 1.94. The Morgan fingerprint density at radius 1 is 1.38 bits per heavy atom. The lowest BCUT2D eigenvalue weighted by Crippen LogP contribution is -1.95. The first kappa shape index (κ1) is 10.6. The Morgan fingerprint density at radius 2 is 2.23 bits per heavy atom. The summed E-state index contributed by atoms with van der Waals surface area (Å²) in [5, 5.41) is 0. The number of nitrogens with two attached hydrogens (primary N) is 1. The van der Waals surface area contributed by atoms with Gasteiger partial charge in [0, 0.05) is 11.4 Å². The van der Waals surface area contributed by atoms with E-state index < -0.39 is 0 Å². The average molecular weight is 195 g/mol.